The number of halogens is 2. The highest BCUT2D eigenvalue weighted by Gasteiger charge is 2.11. The highest BCUT2D eigenvalue weighted by molar-refractivity contribution is 6.38. The molecule has 0 spiro atoms. The van der Waals surface area contributed by atoms with Gasteiger partial charge in [0.15, 0.2) is 0 Å². The van der Waals surface area contributed by atoms with Gasteiger partial charge in [0.05, 0.1) is 16.3 Å². The molecule has 0 heterocycles. The van der Waals surface area contributed by atoms with E-state index in [1.165, 1.54) is 6.21 Å². The van der Waals surface area contributed by atoms with Crippen LogP contribution in [-0.2, 0) is 9.59 Å². The van der Waals surface area contributed by atoms with Crippen molar-refractivity contribution in [3.63, 3.8) is 0 Å². The summed E-state index contributed by atoms with van der Waals surface area (Å²) in [4.78, 5) is 21.2. The molecule has 0 aliphatic rings. The maximum Gasteiger partial charge on any atom is 0.324 e. The Morgan fingerprint density at radius 2 is 1.63 bits per heavy atom. The van der Waals surface area contributed by atoms with Gasteiger partial charge in [-0.2, -0.15) is 5.10 Å². The molecule has 0 unspecified atom stereocenters. The number of hydrogen-bond acceptors (Lipinski definition) is 4. The van der Waals surface area contributed by atoms with Gasteiger partial charge in [-0.05, 0) is 12.1 Å². The Morgan fingerprint density at radius 1 is 1.16 bits per heavy atom. The molecule has 19 heavy (non-hydrogen) atoms. The monoisotopic (exact) mass is 304 g/mol. The molecular weight excluding hydrogens is 295 g/mol. The van der Waals surface area contributed by atoms with E-state index >= 15 is 0 Å². The van der Waals surface area contributed by atoms with Crippen molar-refractivity contribution in [2.45, 2.75) is 0 Å². The average molecular weight is 305 g/mol. The Hall–Kier alpha value is -1.79. The fourth-order valence-corrected chi connectivity index (χ4v) is 1.72. The summed E-state index contributed by atoms with van der Waals surface area (Å²) in [5.74, 6) is -2.38. The predicted molar refractivity (Wildman–Crippen MR) is 70.9 cm³/mol. The normalized spacial score (nSPS) is 10.6. The Bertz CT molecular complexity index is 483. The number of aliphatic carboxylic acids is 2. The zero-order valence-corrected chi connectivity index (χ0v) is 11.1. The van der Waals surface area contributed by atoms with Gasteiger partial charge < -0.3 is 10.2 Å². The maximum absolute atomic E-state index is 10.6. The molecule has 0 aliphatic carbocycles. The first-order valence-electron chi connectivity index (χ1n) is 5.06. The van der Waals surface area contributed by atoms with Crippen molar-refractivity contribution in [1.82, 2.24) is 5.01 Å². The average Bonchev–Trinajstić information content (AvgIpc) is 2.26. The zero-order valence-electron chi connectivity index (χ0n) is 9.58. The Morgan fingerprint density at radius 3 is 2.05 bits per heavy atom. The first kappa shape index (κ1) is 15.3. The number of rotatable bonds is 6. The summed E-state index contributed by atoms with van der Waals surface area (Å²) < 4.78 is 0. The number of benzene rings is 1. The summed E-state index contributed by atoms with van der Waals surface area (Å²) in [5, 5.41) is 22.6. The third-order valence-electron chi connectivity index (χ3n) is 1.99. The van der Waals surface area contributed by atoms with E-state index in [-0.39, 0.29) is 0 Å². The van der Waals surface area contributed by atoms with E-state index in [0.717, 1.165) is 5.01 Å². The smallest absolute Gasteiger partial charge is 0.324 e. The van der Waals surface area contributed by atoms with E-state index in [9.17, 15) is 9.59 Å². The fourth-order valence-electron chi connectivity index (χ4n) is 1.22. The van der Waals surface area contributed by atoms with Crippen molar-refractivity contribution in [3.05, 3.63) is 33.8 Å². The topological polar surface area (TPSA) is 90.2 Å². The Balaban J connectivity index is 2.91. The molecular formula is C11H10Cl2N2O4. The summed E-state index contributed by atoms with van der Waals surface area (Å²) in [7, 11) is 0. The lowest BCUT2D eigenvalue weighted by Gasteiger charge is -2.13. The highest BCUT2D eigenvalue weighted by atomic mass is 35.5. The molecule has 0 aliphatic heterocycles. The van der Waals surface area contributed by atoms with Crippen LogP contribution >= 0.6 is 23.2 Å². The van der Waals surface area contributed by atoms with E-state index < -0.39 is 25.0 Å². The second kappa shape index (κ2) is 6.96. The van der Waals surface area contributed by atoms with Crippen LogP contribution in [0.15, 0.2) is 23.3 Å². The van der Waals surface area contributed by atoms with Gasteiger partial charge in [-0.25, -0.2) is 0 Å². The van der Waals surface area contributed by atoms with Crippen molar-refractivity contribution in [2.75, 3.05) is 13.1 Å². The van der Waals surface area contributed by atoms with E-state index in [0.29, 0.717) is 15.6 Å². The molecule has 1 rings (SSSR count). The molecule has 0 bridgehead atoms. The summed E-state index contributed by atoms with van der Waals surface area (Å²) in [5.41, 5.74) is 0.395. The van der Waals surface area contributed by atoms with Crippen molar-refractivity contribution < 1.29 is 19.8 Å². The minimum Gasteiger partial charge on any atom is -0.480 e. The van der Waals surface area contributed by atoms with Crippen LogP contribution in [0.2, 0.25) is 10.0 Å². The lowest BCUT2D eigenvalue weighted by Crippen LogP contribution is -2.30. The highest BCUT2D eigenvalue weighted by Crippen LogP contribution is 2.22. The molecule has 2 N–H and O–H groups in total. The number of carboxylic acid groups (broad SMARTS) is 2. The summed E-state index contributed by atoms with van der Waals surface area (Å²) in [6, 6.07) is 4.83. The molecule has 0 atom stereocenters. The van der Waals surface area contributed by atoms with Gasteiger partial charge in [0, 0.05) is 5.56 Å². The van der Waals surface area contributed by atoms with Crippen LogP contribution < -0.4 is 0 Å². The third-order valence-corrected chi connectivity index (χ3v) is 2.64. The van der Waals surface area contributed by atoms with Crippen molar-refractivity contribution in [2.24, 2.45) is 5.10 Å². The van der Waals surface area contributed by atoms with Gasteiger partial charge in [0.2, 0.25) is 0 Å². The second-order valence-electron chi connectivity index (χ2n) is 3.49. The molecule has 8 heteroatoms. The SMILES string of the molecule is O=C(O)CN(CC(=O)O)/N=C\c1c(Cl)cccc1Cl. The van der Waals surface area contributed by atoms with Crippen LogP contribution in [0.4, 0.5) is 0 Å². The second-order valence-corrected chi connectivity index (χ2v) is 4.30. The van der Waals surface area contributed by atoms with Gasteiger partial charge in [-0.15, -0.1) is 0 Å². The lowest BCUT2D eigenvalue weighted by atomic mass is 10.2. The number of hydrazone groups is 1. The fraction of sp³-hybridized carbons (Fsp3) is 0.182. The van der Waals surface area contributed by atoms with Crippen LogP contribution in [0.25, 0.3) is 0 Å². The zero-order chi connectivity index (χ0) is 14.4. The van der Waals surface area contributed by atoms with Gasteiger partial charge in [-0.3, -0.25) is 14.6 Å². The molecule has 0 saturated carbocycles. The summed E-state index contributed by atoms with van der Waals surface area (Å²) in [6.07, 6.45) is 1.23. The van der Waals surface area contributed by atoms with Crippen LogP contribution in [0, 0.1) is 0 Å². The van der Waals surface area contributed by atoms with Crippen LogP contribution in [0.1, 0.15) is 5.56 Å². The van der Waals surface area contributed by atoms with Crippen LogP contribution in [0.5, 0.6) is 0 Å². The largest absolute Gasteiger partial charge is 0.480 e. The van der Waals surface area contributed by atoms with Crippen molar-refractivity contribution in [3.8, 4) is 0 Å². The predicted octanol–water partition coefficient (Wildman–Crippen LogP) is 1.80. The van der Waals surface area contributed by atoms with Gasteiger partial charge in [0.1, 0.15) is 13.1 Å². The summed E-state index contributed by atoms with van der Waals surface area (Å²) >= 11 is 11.8. The van der Waals surface area contributed by atoms with E-state index in [2.05, 4.69) is 5.10 Å². The van der Waals surface area contributed by atoms with Crippen LogP contribution in [-0.4, -0.2) is 46.5 Å². The van der Waals surface area contributed by atoms with Crippen molar-refractivity contribution in [1.29, 1.82) is 0 Å². The lowest BCUT2D eigenvalue weighted by molar-refractivity contribution is -0.141. The van der Waals surface area contributed by atoms with E-state index in [1.54, 1.807) is 18.2 Å². The van der Waals surface area contributed by atoms with E-state index in [1.807, 2.05) is 0 Å². The quantitative estimate of drug-likeness (QED) is 0.618. The number of carbonyl (C=O) groups is 2. The first-order chi connectivity index (χ1) is 8.90. The molecule has 0 amide bonds. The Kier molecular flexibility index (Phi) is 5.59. The third kappa shape index (κ3) is 5.15. The molecule has 0 fully saturated rings. The Labute approximate surface area is 118 Å². The van der Waals surface area contributed by atoms with Gasteiger partial charge in [-0.1, -0.05) is 29.3 Å². The van der Waals surface area contributed by atoms with Gasteiger partial charge in [0.25, 0.3) is 0 Å². The van der Waals surface area contributed by atoms with E-state index in [4.69, 9.17) is 33.4 Å². The molecule has 0 radical (unpaired) electrons. The number of hydrogen-bond donors (Lipinski definition) is 2. The molecule has 6 nitrogen and oxygen atoms in total. The minimum absolute atomic E-state index is 0.335. The van der Waals surface area contributed by atoms with Gasteiger partial charge >= 0.3 is 11.9 Å². The van der Waals surface area contributed by atoms with Crippen LogP contribution in [0.3, 0.4) is 0 Å². The molecule has 0 aromatic heterocycles. The number of nitrogens with zero attached hydrogens (tertiary/aromatic N) is 2. The molecule has 102 valence electrons. The standard InChI is InChI=1S/C11H10Cl2N2O4/c12-8-2-1-3-9(13)7(8)4-14-15(5-10(16)17)6-11(18)19/h1-4H,5-6H2,(H,16,17)(H,18,19)/b14-4-. The molecule has 1 aromatic rings. The molecule has 1 aromatic carbocycles. The molecule has 0 saturated heterocycles. The maximum atomic E-state index is 10.6. The minimum atomic E-state index is -1.19. The van der Waals surface area contributed by atoms with Crippen molar-refractivity contribution >= 4 is 41.4 Å². The number of carboxylic acids is 2. The summed E-state index contributed by atoms with van der Waals surface area (Å²) in [6.45, 7) is -1.07. The first-order valence-corrected chi connectivity index (χ1v) is 5.82.